The quantitative estimate of drug-likeness (QED) is 0.197. The van der Waals surface area contributed by atoms with E-state index in [1.165, 1.54) is 0 Å². The summed E-state index contributed by atoms with van der Waals surface area (Å²) in [7, 11) is 0. The molecule has 0 saturated carbocycles. The molecule has 0 bridgehead atoms. The van der Waals surface area contributed by atoms with Crippen molar-refractivity contribution < 1.29 is 8.83 Å². The molecule has 0 spiro atoms. The molecule has 0 aliphatic carbocycles. The highest BCUT2D eigenvalue weighted by Gasteiger charge is 2.21. The summed E-state index contributed by atoms with van der Waals surface area (Å²) in [5.41, 5.74) is 12.7. The molecule has 0 N–H and O–H groups in total. The minimum absolute atomic E-state index is 0.822. The van der Waals surface area contributed by atoms with Gasteiger partial charge in [0, 0.05) is 57.6 Å². The van der Waals surface area contributed by atoms with Gasteiger partial charge in [0.1, 0.15) is 22.3 Å². The number of nitrogens with zero attached hydrogens (tertiary/aromatic N) is 3. The fraction of sp³-hybridized carbons (Fsp3) is 0. The predicted molar refractivity (Wildman–Crippen MR) is 194 cm³/mol. The Morgan fingerprint density at radius 2 is 0.979 bits per heavy atom. The average Bonchev–Trinajstić information content (AvgIpc) is 3.74. The predicted octanol–water partition coefficient (Wildman–Crippen LogP) is 11.5. The van der Waals surface area contributed by atoms with Gasteiger partial charge in [-0.25, -0.2) is 4.98 Å². The molecule has 0 radical (unpaired) electrons. The molecular weight excluding hydrogens is 590 g/mol. The average molecular weight is 616 g/mol. The molecule has 0 fully saturated rings. The Hall–Kier alpha value is -6.59. The highest BCUT2D eigenvalue weighted by Crippen LogP contribution is 2.44. The number of fused-ring (bicyclic) bond motifs is 9. The summed E-state index contributed by atoms with van der Waals surface area (Å²) in [5, 5.41) is 5.09. The zero-order chi connectivity index (χ0) is 31.6. The molecule has 0 aliphatic rings. The second kappa shape index (κ2) is 10.5. The van der Waals surface area contributed by atoms with Gasteiger partial charge in [0.25, 0.3) is 0 Å². The summed E-state index contributed by atoms with van der Waals surface area (Å²) in [4.78, 5) is 14.1. The highest BCUT2D eigenvalue weighted by molar-refractivity contribution is 6.29. The highest BCUT2D eigenvalue weighted by atomic mass is 16.3. The zero-order valence-corrected chi connectivity index (χ0v) is 25.6. The van der Waals surface area contributed by atoms with Crippen molar-refractivity contribution in [2.45, 2.75) is 0 Å². The van der Waals surface area contributed by atoms with Crippen LogP contribution in [-0.2, 0) is 0 Å². The van der Waals surface area contributed by atoms with E-state index >= 15 is 0 Å². The van der Waals surface area contributed by atoms with Gasteiger partial charge in [0.05, 0.1) is 22.0 Å². The molecule has 0 saturated heterocycles. The van der Waals surface area contributed by atoms with Gasteiger partial charge >= 0.3 is 0 Å². The smallest absolute Gasteiger partial charge is 0.147 e. The van der Waals surface area contributed by atoms with E-state index in [2.05, 4.69) is 82.8 Å². The molecule has 5 aromatic carbocycles. The molecule has 5 aromatic heterocycles. The first kappa shape index (κ1) is 26.6. The number of rotatable bonds is 4. The normalized spacial score (nSPS) is 11.8. The molecule has 224 valence electrons. The summed E-state index contributed by atoms with van der Waals surface area (Å²) < 4.78 is 12.9. The van der Waals surface area contributed by atoms with Crippen LogP contribution in [0.15, 0.2) is 161 Å². The Kier molecular flexibility index (Phi) is 5.81. The maximum absolute atomic E-state index is 6.67. The van der Waals surface area contributed by atoms with Crippen LogP contribution in [0.1, 0.15) is 0 Å². The number of benzene rings is 5. The zero-order valence-electron chi connectivity index (χ0n) is 25.6. The maximum atomic E-state index is 6.67. The van der Waals surface area contributed by atoms with Crippen molar-refractivity contribution in [2.75, 3.05) is 0 Å². The molecule has 0 aliphatic heterocycles. The molecular formula is C43H25N3O2. The molecule has 48 heavy (non-hydrogen) atoms. The van der Waals surface area contributed by atoms with Crippen LogP contribution in [0.4, 0.5) is 0 Å². The lowest BCUT2D eigenvalue weighted by molar-refractivity contribution is 0.667. The van der Waals surface area contributed by atoms with Gasteiger partial charge in [0.2, 0.25) is 0 Å². The number of aromatic nitrogens is 3. The Morgan fingerprint density at radius 1 is 0.396 bits per heavy atom. The third-order valence-corrected chi connectivity index (χ3v) is 9.23. The summed E-state index contributed by atoms with van der Waals surface area (Å²) in [6.45, 7) is 0. The summed E-state index contributed by atoms with van der Waals surface area (Å²) >= 11 is 0. The first-order valence-electron chi connectivity index (χ1n) is 15.9. The van der Waals surface area contributed by atoms with E-state index in [0.29, 0.717) is 0 Å². The minimum Gasteiger partial charge on any atom is -0.456 e. The van der Waals surface area contributed by atoms with E-state index in [1.807, 2.05) is 67.0 Å². The van der Waals surface area contributed by atoms with Crippen molar-refractivity contribution in [3.63, 3.8) is 0 Å². The second-order valence-electron chi connectivity index (χ2n) is 12.1. The Labute approximate surface area is 274 Å². The Bertz CT molecular complexity index is 2760. The van der Waals surface area contributed by atoms with E-state index in [-0.39, 0.29) is 0 Å². The van der Waals surface area contributed by atoms with Crippen LogP contribution in [0.2, 0.25) is 0 Å². The van der Waals surface area contributed by atoms with Gasteiger partial charge in [-0.15, -0.1) is 0 Å². The topological polar surface area (TPSA) is 65.0 Å². The Morgan fingerprint density at radius 3 is 1.62 bits per heavy atom. The molecule has 5 heterocycles. The van der Waals surface area contributed by atoms with Crippen LogP contribution in [0.3, 0.4) is 0 Å². The SMILES string of the molecule is c1cncc(-c2cc(-c3ccc(-c4nc5ccc6oc7ccccc7c6c5c5oc6ccccc6c45)cc3)cc(-c3cccnc3)c2)c1. The van der Waals surface area contributed by atoms with Crippen LogP contribution in [0.25, 0.3) is 99.4 Å². The van der Waals surface area contributed by atoms with Crippen molar-refractivity contribution in [3.05, 3.63) is 152 Å². The van der Waals surface area contributed by atoms with Crippen LogP contribution >= 0.6 is 0 Å². The van der Waals surface area contributed by atoms with Gasteiger partial charge in [-0.2, -0.15) is 0 Å². The second-order valence-corrected chi connectivity index (χ2v) is 12.1. The van der Waals surface area contributed by atoms with Crippen LogP contribution in [0, 0.1) is 0 Å². The maximum Gasteiger partial charge on any atom is 0.147 e. The van der Waals surface area contributed by atoms with Crippen molar-refractivity contribution in [2.24, 2.45) is 0 Å². The first-order valence-corrected chi connectivity index (χ1v) is 15.9. The molecule has 0 amide bonds. The van der Waals surface area contributed by atoms with Gasteiger partial charge in [-0.3, -0.25) is 9.97 Å². The van der Waals surface area contributed by atoms with Gasteiger partial charge < -0.3 is 8.83 Å². The van der Waals surface area contributed by atoms with Gasteiger partial charge in [-0.1, -0.05) is 72.8 Å². The van der Waals surface area contributed by atoms with Crippen LogP contribution in [-0.4, -0.2) is 15.0 Å². The molecule has 10 rings (SSSR count). The van der Waals surface area contributed by atoms with Gasteiger partial charge in [-0.05, 0) is 76.9 Å². The number of para-hydroxylation sites is 2. The monoisotopic (exact) mass is 615 g/mol. The number of furan rings is 2. The third-order valence-electron chi connectivity index (χ3n) is 9.23. The third kappa shape index (κ3) is 4.15. The van der Waals surface area contributed by atoms with E-state index in [9.17, 15) is 0 Å². The lowest BCUT2D eigenvalue weighted by Gasteiger charge is -2.12. The number of pyridine rings is 3. The standard InChI is InChI=1S/C43H25N3O2/c1-3-11-36-33(9-1)39-38(47-36)18-17-35-41(39)43-40(34-10-2-4-12-37(34)48-43)42(46-35)27-15-13-26(14-16-27)30-21-31(28-7-5-19-44-24-28)23-32(22-30)29-8-6-20-45-25-29/h1-25H. The van der Waals surface area contributed by atoms with E-state index < -0.39 is 0 Å². The fourth-order valence-electron chi connectivity index (χ4n) is 6.99. The lowest BCUT2D eigenvalue weighted by Crippen LogP contribution is -1.90. The molecule has 5 heteroatoms. The van der Waals surface area contributed by atoms with Crippen molar-refractivity contribution in [3.8, 4) is 44.6 Å². The fourth-order valence-corrected chi connectivity index (χ4v) is 6.99. The summed E-state index contributed by atoms with van der Waals surface area (Å²) in [6, 6.07) is 43.9. The van der Waals surface area contributed by atoms with E-state index in [4.69, 9.17) is 13.8 Å². The van der Waals surface area contributed by atoms with Gasteiger partial charge in [0.15, 0.2) is 0 Å². The molecule has 10 aromatic rings. The number of hydrogen-bond acceptors (Lipinski definition) is 5. The minimum atomic E-state index is 0.822. The molecule has 0 unspecified atom stereocenters. The summed E-state index contributed by atoms with van der Waals surface area (Å²) in [5.74, 6) is 0. The van der Waals surface area contributed by atoms with E-state index in [1.54, 1.807) is 12.4 Å². The molecule has 5 nitrogen and oxygen atoms in total. The molecule has 0 atom stereocenters. The lowest BCUT2D eigenvalue weighted by atomic mass is 9.93. The van der Waals surface area contributed by atoms with Crippen molar-refractivity contribution in [1.82, 2.24) is 15.0 Å². The van der Waals surface area contributed by atoms with Crippen LogP contribution < -0.4 is 0 Å². The van der Waals surface area contributed by atoms with Crippen molar-refractivity contribution >= 4 is 54.8 Å². The number of hydrogen-bond donors (Lipinski definition) is 0. The first-order chi connectivity index (χ1) is 23.8. The largest absolute Gasteiger partial charge is 0.456 e. The van der Waals surface area contributed by atoms with E-state index in [0.717, 1.165) is 99.4 Å². The summed E-state index contributed by atoms with van der Waals surface area (Å²) in [6.07, 6.45) is 7.41. The Balaban J connectivity index is 1.17. The van der Waals surface area contributed by atoms with Crippen molar-refractivity contribution in [1.29, 1.82) is 0 Å². The van der Waals surface area contributed by atoms with Crippen LogP contribution in [0.5, 0.6) is 0 Å².